The van der Waals surface area contributed by atoms with Crippen LogP contribution in [-0.2, 0) is 55.9 Å². The van der Waals surface area contributed by atoms with E-state index >= 15 is 0 Å². The highest BCUT2D eigenvalue weighted by Gasteiger charge is 2.53. The van der Waals surface area contributed by atoms with Crippen LogP contribution < -0.4 is 4.74 Å². The monoisotopic (exact) mass is 657 g/mol. The Kier molecular flexibility index (Phi) is 10.8. The van der Waals surface area contributed by atoms with Crippen molar-refractivity contribution >= 4 is 34.8 Å². The molecule has 2 heterocycles. The number of carbonyl (C=O) groups is 4. The molecule has 11 nitrogen and oxygen atoms in total. The summed E-state index contributed by atoms with van der Waals surface area (Å²) in [5.41, 5.74) is 4.86. The summed E-state index contributed by atoms with van der Waals surface area (Å²) in [6, 6.07) is 23.7. The quantitative estimate of drug-likeness (QED) is 0.153. The average molecular weight is 658 g/mol. The molecule has 0 N–H and O–H groups in total. The third-order valence-corrected chi connectivity index (χ3v) is 7.95. The molecule has 5 rings (SSSR count). The van der Waals surface area contributed by atoms with E-state index in [1.807, 2.05) is 90.5 Å². The molecule has 1 fully saturated rings. The minimum Gasteiger partial charge on any atom is -0.489 e. The molecule has 1 aliphatic heterocycles. The minimum absolute atomic E-state index is 0.307. The van der Waals surface area contributed by atoms with E-state index in [9.17, 15) is 19.2 Å². The van der Waals surface area contributed by atoms with E-state index < -0.39 is 54.5 Å². The smallest absolute Gasteiger partial charge is 0.303 e. The van der Waals surface area contributed by atoms with E-state index in [4.69, 9.17) is 28.4 Å². The van der Waals surface area contributed by atoms with Crippen molar-refractivity contribution in [1.29, 1.82) is 0 Å². The van der Waals surface area contributed by atoms with E-state index in [0.29, 0.717) is 13.0 Å². The maximum absolute atomic E-state index is 12.4. The molecule has 1 aliphatic rings. The number of rotatable bonds is 11. The Bertz CT molecular complexity index is 1760. The third-order valence-electron chi connectivity index (χ3n) is 7.95. The molecule has 0 spiro atoms. The molecule has 0 amide bonds. The van der Waals surface area contributed by atoms with Crippen molar-refractivity contribution in [1.82, 2.24) is 4.57 Å². The van der Waals surface area contributed by atoms with E-state index in [0.717, 1.165) is 38.9 Å². The first-order valence-electron chi connectivity index (χ1n) is 15.6. The predicted molar refractivity (Wildman–Crippen MR) is 174 cm³/mol. The number of aryl methyl sites for hydroxylation is 1. The lowest BCUT2D eigenvalue weighted by Gasteiger charge is -2.44. The first-order valence-corrected chi connectivity index (χ1v) is 15.6. The van der Waals surface area contributed by atoms with Gasteiger partial charge in [-0.25, -0.2) is 0 Å². The van der Waals surface area contributed by atoms with Crippen molar-refractivity contribution in [3.63, 3.8) is 0 Å². The van der Waals surface area contributed by atoms with Crippen LogP contribution in [0.15, 0.2) is 79.0 Å². The van der Waals surface area contributed by atoms with Gasteiger partial charge >= 0.3 is 23.9 Å². The highest BCUT2D eigenvalue weighted by atomic mass is 16.7. The van der Waals surface area contributed by atoms with Crippen molar-refractivity contribution in [2.45, 2.75) is 78.3 Å². The fraction of sp³-hybridized carbons (Fsp3) is 0.351. The molecule has 1 saturated heterocycles. The van der Waals surface area contributed by atoms with Crippen LogP contribution in [0.25, 0.3) is 10.9 Å². The van der Waals surface area contributed by atoms with Crippen molar-refractivity contribution in [2.75, 3.05) is 6.61 Å². The molecule has 4 aromatic rings. The van der Waals surface area contributed by atoms with Gasteiger partial charge in [-0.1, -0.05) is 54.6 Å². The lowest BCUT2D eigenvalue weighted by Crippen LogP contribution is -2.60. The summed E-state index contributed by atoms with van der Waals surface area (Å²) in [4.78, 5) is 48.8. The van der Waals surface area contributed by atoms with E-state index in [1.54, 1.807) is 0 Å². The number of carbonyl (C=O) groups excluding carboxylic acids is 4. The molecule has 11 heteroatoms. The number of ether oxygens (including phenoxy) is 6. The number of hydrogen-bond acceptors (Lipinski definition) is 10. The third kappa shape index (κ3) is 8.21. The van der Waals surface area contributed by atoms with Gasteiger partial charge in [0, 0.05) is 39.3 Å². The predicted octanol–water partition coefficient (Wildman–Crippen LogP) is 5.38. The summed E-state index contributed by atoms with van der Waals surface area (Å²) >= 11 is 0. The maximum atomic E-state index is 12.4. The summed E-state index contributed by atoms with van der Waals surface area (Å²) in [6.07, 6.45) is -3.39. The van der Waals surface area contributed by atoms with Gasteiger partial charge in [0.25, 0.3) is 0 Å². The summed E-state index contributed by atoms with van der Waals surface area (Å²) in [6.45, 7) is 7.01. The second-order valence-electron chi connectivity index (χ2n) is 11.7. The lowest BCUT2D eigenvalue weighted by atomic mass is 9.97. The Morgan fingerprint density at radius 1 is 0.708 bits per heavy atom. The molecular formula is C37H39NO10. The van der Waals surface area contributed by atoms with Gasteiger partial charge in [0.1, 0.15) is 25.1 Å². The van der Waals surface area contributed by atoms with Crippen molar-refractivity contribution in [3.05, 3.63) is 101 Å². The molecule has 5 atom stereocenters. The number of fused-ring (bicyclic) bond motifs is 1. The normalized spacial score (nSPS) is 20.5. The Hall–Kier alpha value is -5.16. The van der Waals surface area contributed by atoms with Crippen LogP contribution in [0.1, 0.15) is 56.2 Å². The van der Waals surface area contributed by atoms with Gasteiger partial charge < -0.3 is 33.0 Å². The van der Waals surface area contributed by atoms with Crippen LogP contribution in [0.3, 0.4) is 0 Å². The number of esters is 4. The van der Waals surface area contributed by atoms with Crippen molar-refractivity contribution < 1.29 is 47.6 Å². The van der Waals surface area contributed by atoms with Crippen LogP contribution in [0.4, 0.5) is 0 Å². The fourth-order valence-corrected chi connectivity index (χ4v) is 6.03. The average Bonchev–Trinajstić information content (AvgIpc) is 3.40. The molecular weight excluding hydrogens is 618 g/mol. The first kappa shape index (κ1) is 34.2. The van der Waals surface area contributed by atoms with Crippen LogP contribution >= 0.6 is 0 Å². The Morgan fingerprint density at radius 3 is 2.00 bits per heavy atom. The van der Waals surface area contributed by atoms with E-state index in [1.165, 1.54) is 27.7 Å². The molecule has 3 aromatic carbocycles. The van der Waals surface area contributed by atoms with Crippen molar-refractivity contribution in [2.24, 2.45) is 0 Å². The maximum Gasteiger partial charge on any atom is 0.303 e. The standard InChI is InChI=1S/C37H39NO10/c1-22-10-9-13-31-33(22)29(18-27-14-16-30(17-15-27)44-20-28-11-7-6-8-12-28)19-38(31)37-36(47-26(5)42)35(46-25(4)41)34(45-24(3)40)32(48-37)21-43-23(2)39/h6-17,19,32,34-37H,18,20-21H2,1-5H3/t32-,34-,35+,36-,37?/m1/s1. The summed E-state index contributed by atoms with van der Waals surface area (Å²) in [7, 11) is 0. The zero-order valence-electron chi connectivity index (χ0n) is 27.5. The summed E-state index contributed by atoms with van der Waals surface area (Å²) in [5, 5.41) is 0.967. The van der Waals surface area contributed by atoms with Gasteiger partial charge in [-0.15, -0.1) is 0 Å². The Balaban J connectivity index is 1.52. The molecule has 0 radical (unpaired) electrons. The van der Waals surface area contributed by atoms with Gasteiger partial charge in [0.05, 0.1) is 5.52 Å². The van der Waals surface area contributed by atoms with Crippen molar-refractivity contribution in [3.8, 4) is 5.75 Å². The van der Waals surface area contributed by atoms with Crippen LogP contribution in [0, 0.1) is 6.92 Å². The molecule has 252 valence electrons. The molecule has 1 unspecified atom stereocenters. The molecule has 1 aromatic heterocycles. The lowest BCUT2D eigenvalue weighted by molar-refractivity contribution is -0.267. The second kappa shape index (κ2) is 15.2. The fourth-order valence-electron chi connectivity index (χ4n) is 6.03. The SMILES string of the molecule is CC(=O)OC[C@H]1OC(n2cc(Cc3ccc(OCc4ccccc4)cc3)c3c(C)cccc32)[C@H](OC(C)=O)[C@@H](OC(C)=O)[C@@H]1OC(C)=O. The van der Waals surface area contributed by atoms with Gasteiger partial charge in [0.2, 0.25) is 0 Å². The first-order chi connectivity index (χ1) is 23.0. The van der Waals surface area contributed by atoms with Crippen LogP contribution in [0.2, 0.25) is 0 Å². The number of benzene rings is 3. The van der Waals surface area contributed by atoms with Gasteiger partial charge in [0.15, 0.2) is 24.5 Å². The van der Waals surface area contributed by atoms with Gasteiger partial charge in [-0.05, 0) is 53.8 Å². The molecule has 48 heavy (non-hydrogen) atoms. The largest absolute Gasteiger partial charge is 0.489 e. The molecule has 0 bridgehead atoms. The summed E-state index contributed by atoms with van der Waals surface area (Å²) in [5.74, 6) is -1.86. The minimum atomic E-state index is -1.27. The van der Waals surface area contributed by atoms with Gasteiger partial charge in [-0.3, -0.25) is 19.2 Å². The number of nitrogens with zero attached hydrogens (tertiary/aromatic N) is 1. The van der Waals surface area contributed by atoms with E-state index in [-0.39, 0.29) is 6.61 Å². The molecule has 0 saturated carbocycles. The zero-order valence-corrected chi connectivity index (χ0v) is 27.5. The topological polar surface area (TPSA) is 129 Å². The number of hydrogen-bond donors (Lipinski definition) is 0. The Labute approximate surface area is 278 Å². The van der Waals surface area contributed by atoms with E-state index in [2.05, 4.69) is 0 Å². The summed E-state index contributed by atoms with van der Waals surface area (Å²) < 4.78 is 36.5. The highest BCUT2D eigenvalue weighted by molar-refractivity contribution is 5.87. The second-order valence-corrected chi connectivity index (χ2v) is 11.7. The van der Waals surface area contributed by atoms with Crippen LogP contribution in [-0.4, -0.2) is 59.5 Å². The molecule has 0 aliphatic carbocycles. The van der Waals surface area contributed by atoms with Gasteiger partial charge in [-0.2, -0.15) is 0 Å². The zero-order chi connectivity index (χ0) is 34.4. The number of aromatic nitrogens is 1. The van der Waals surface area contributed by atoms with Crippen LogP contribution in [0.5, 0.6) is 5.75 Å². The highest BCUT2D eigenvalue weighted by Crippen LogP contribution is 2.39. The Morgan fingerprint density at radius 2 is 1.35 bits per heavy atom.